The number of fused-ring (bicyclic) bond motifs is 8. The Labute approximate surface area is 325 Å². The van der Waals surface area contributed by atoms with Crippen LogP contribution in [0.3, 0.4) is 0 Å². The molecule has 0 aliphatic carbocycles. The molecule has 0 atom stereocenters. The highest BCUT2D eigenvalue weighted by molar-refractivity contribution is 6.19. The van der Waals surface area contributed by atoms with E-state index >= 15 is 0 Å². The van der Waals surface area contributed by atoms with Crippen molar-refractivity contribution in [2.45, 2.75) is 0 Å². The first-order valence-corrected chi connectivity index (χ1v) is 19.3. The van der Waals surface area contributed by atoms with Crippen LogP contribution < -0.4 is 4.90 Å². The monoisotopic (exact) mass is 712 g/mol. The summed E-state index contributed by atoms with van der Waals surface area (Å²) in [6, 6.07) is 79.4. The van der Waals surface area contributed by atoms with Crippen LogP contribution in [-0.4, -0.2) is 4.57 Å². The van der Waals surface area contributed by atoms with Crippen molar-refractivity contribution >= 4 is 71.2 Å². The lowest BCUT2D eigenvalue weighted by molar-refractivity contribution is 1.19. The lowest BCUT2D eigenvalue weighted by Gasteiger charge is -2.28. The molecule has 2 nitrogen and oxygen atoms in total. The molecule has 0 saturated carbocycles. The summed E-state index contributed by atoms with van der Waals surface area (Å²) in [7, 11) is 0. The van der Waals surface area contributed by atoms with Crippen molar-refractivity contribution in [1.29, 1.82) is 0 Å². The molecule has 0 unspecified atom stereocenters. The van der Waals surface area contributed by atoms with Crippen LogP contribution in [-0.2, 0) is 0 Å². The van der Waals surface area contributed by atoms with E-state index < -0.39 is 0 Å². The minimum atomic E-state index is 1.10. The van der Waals surface area contributed by atoms with Gasteiger partial charge in [0.1, 0.15) is 0 Å². The normalized spacial score (nSPS) is 11.6. The molecule has 10 aromatic carbocycles. The molecule has 0 amide bonds. The van der Waals surface area contributed by atoms with Gasteiger partial charge in [-0.15, -0.1) is 0 Å². The largest absolute Gasteiger partial charge is 0.310 e. The van der Waals surface area contributed by atoms with Gasteiger partial charge in [-0.25, -0.2) is 0 Å². The fourth-order valence-electron chi connectivity index (χ4n) is 8.71. The highest BCUT2D eigenvalue weighted by Crippen LogP contribution is 2.43. The molecule has 11 aromatic rings. The van der Waals surface area contributed by atoms with Gasteiger partial charge in [0.2, 0.25) is 0 Å². The Bertz CT molecular complexity index is 3230. The Balaban J connectivity index is 1.03. The summed E-state index contributed by atoms with van der Waals surface area (Å²) in [6.45, 7) is 0. The fraction of sp³-hybridized carbons (Fsp3) is 0. The van der Waals surface area contributed by atoms with Crippen molar-refractivity contribution in [3.8, 4) is 27.9 Å². The highest BCUT2D eigenvalue weighted by Gasteiger charge is 2.19. The van der Waals surface area contributed by atoms with Gasteiger partial charge in [-0.1, -0.05) is 170 Å². The second-order valence-corrected chi connectivity index (χ2v) is 14.5. The molecular formula is C54H36N2. The standard InChI is InChI=1S/C54H36N2/c1-2-13-37(14-3-1)41-17-12-18-45(35-41)55(53-36-42-16-5-6-19-46(42)48-21-8-9-22-49(48)53)43-30-25-38(26-31-43)39-27-32-44(33-28-39)56-52-24-11-10-23-50(52)51-34-29-40-15-4-7-20-47(40)54(51)56/h1-36H. The molecule has 0 radical (unpaired) electrons. The van der Waals surface area contributed by atoms with Crippen LogP contribution in [0.15, 0.2) is 218 Å². The van der Waals surface area contributed by atoms with Crippen molar-refractivity contribution < 1.29 is 0 Å². The molecule has 262 valence electrons. The molecular weight excluding hydrogens is 677 g/mol. The number of para-hydroxylation sites is 1. The quantitative estimate of drug-likeness (QED) is 0.156. The number of anilines is 3. The highest BCUT2D eigenvalue weighted by atomic mass is 15.1. The van der Waals surface area contributed by atoms with Crippen LogP contribution >= 0.6 is 0 Å². The number of aromatic nitrogens is 1. The second kappa shape index (κ2) is 13.2. The summed E-state index contributed by atoms with van der Waals surface area (Å²) in [5.41, 5.74) is 11.7. The predicted molar refractivity (Wildman–Crippen MR) is 239 cm³/mol. The van der Waals surface area contributed by atoms with E-state index in [9.17, 15) is 0 Å². The predicted octanol–water partition coefficient (Wildman–Crippen LogP) is 15.0. The summed E-state index contributed by atoms with van der Waals surface area (Å²) in [4.78, 5) is 2.42. The molecule has 0 N–H and O–H groups in total. The maximum absolute atomic E-state index is 2.43. The summed E-state index contributed by atoms with van der Waals surface area (Å²) in [5, 5.41) is 10.0. The third-order valence-electron chi connectivity index (χ3n) is 11.3. The molecule has 11 rings (SSSR count). The zero-order valence-electron chi connectivity index (χ0n) is 30.7. The topological polar surface area (TPSA) is 8.17 Å². The zero-order chi connectivity index (χ0) is 37.0. The van der Waals surface area contributed by atoms with E-state index in [-0.39, 0.29) is 0 Å². The van der Waals surface area contributed by atoms with Gasteiger partial charge in [0.15, 0.2) is 0 Å². The van der Waals surface area contributed by atoms with Crippen LogP contribution in [0.4, 0.5) is 17.1 Å². The molecule has 0 spiro atoms. The van der Waals surface area contributed by atoms with E-state index in [1.807, 2.05) is 0 Å². The number of hydrogen-bond acceptors (Lipinski definition) is 1. The summed E-state index contributed by atoms with van der Waals surface area (Å²) < 4.78 is 2.43. The molecule has 0 aliphatic heterocycles. The van der Waals surface area contributed by atoms with Crippen molar-refractivity contribution in [1.82, 2.24) is 4.57 Å². The Hall–Kier alpha value is -7.42. The Morgan fingerprint density at radius 3 is 1.68 bits per heavy atom. The average Bonchev–Trinajstić information content (AvgIpc) is 3.62. The van der Waals surface area contributed by atoms with E-state index in [4.69, 9.17) is 0 Å². The molecule has 1 aromatic heterocycles. The van der Waals surface area contributed by atoms with Gasteiger partial charge in [0, 0.05) is 38.6 Å². The van der Waals surface area contributed by atoms with E-state index in [2.05, 4.69) is 228 Å². The Kier molecular flexibility index (Phi) is 7.53. The van der Waals surface area contributed by atoms with E-state index in [1.54, 1.807) is 0 Å². The Morgan fingerprint density at radius 2 is 0.893 bits per heavy atom. The van der Waals surface area contributed by atoms with Gasteiger partial charge < -0.3 is 9.47 Å². The van der Waals surface area contributed by atoms with E-state index in [1.165, 1.54) is 76.4 Å². The second-order valence-electron chi connectivity index (χ2n) is 14.5. The smallest absolute Gasteiger partial charge is 0.0619 e. The summed E-state index contributed by atoms with van der Waals surface area (Å²) in [6.07, 6.45) is 0. The minimum absolute atomic E-state index is 1.10. The first-order valence-electron chi connectivity index (χ1n) is 19.3. The van der Waals surface area contributed by atoms with E-state index in [0.29, 0.717) is 0 Å². The minimum Gasteiger partial charge on any atom is -0.310 e. The third kappa shape index (κ3) is 5.26. The summed E-state index contributed by atoms with van der Waals surface area (Å²) in [5.74, 6) is 0. The van der Waals surface area contributed by atoms with Crippen LogP contribution in [0.25, 0.3) is 82.1 Å². The first kappa shape index (κ1) is 32.0. The number of rotatable bonds is 6. The number of nitrogens with zero attached hydrogens (tertiary/aromatic N) is 2. The van der Waals surface area contributed by atoms with Gasteiger partial charge in [-0.2, -0.15) is 0 Å². The average molecular weight is 713 g/mol. The zero-order valence-corrected chi connectivity index (χ0v) is 30.7. The number of hydrogen-bond donors (Lipinski definition) is 0. The molecule has 1 heterocycles. The first-order chi connectivity index (χ1) is 27.8. The van der Waals surface area contributed by atoms with Gasteiger partial charge in [0.25, 0.3) is 0 Å². The van der Waals surface area contributed by atoms with Crippen LogP contribution in [0.5, 0.6) is 0 Å². The molecule has 0 aliphatic rings. The van der Waals surface area contributed by atoms with Crippen LogP contribution in [0, 0.1) is 0 Å². The van der Waals surface area contributed by atoms with Crippen LogP contribution in [0.1, 0.15) is 0 Å². The number of benzene rings is 10. The fourth-order valence-corrected chi connectivity index (χ4v) is 8.71. The van der Waals surface area contributed by atoms with Gasteiger partial charge in [-0.05, 0) is 92.3 Å². The van der Waals surface area contributed by atoms with E-state index in [0.717, 1.165) is 22.7 Å². The lowest BCUT2D eigenvalue weighted by atomic mass is 9.98. The van der Waals surface area contributed by atoms with Crippen molar-refractivity contribution in [2.24, 2.45) is 0 Å². The third-order valence-corrected chi connectivity index (χ3v) is 11.3. The lowest BCUT2D eigenvalue weighted by Crippen LogP contribution is -2.10. The molecule has 2 heteroatoms. The summed E-state index contributed by atoms with van der Waals surface area (Å²) >= 11 is 0. The maximum atomic E-state index is 2.43. The van der Waals surface area contributed by atoms with Gasteiger partial charge in [0.05, 0.1) is 16.7 Å². The molecule has 0 bridgehead atoms. The van der Waals surface area contributed by atoms with Crippen molar-refractivity contribution in [3.63, 3.8) is 0 Å². The van der Waals surface area contributed by atoms with Gasteiger partial charge >= 0.3 is 0 Å². The van der Waals surface area contributed by atoms with Crippen molar-refractivity contribution in [2.75, 3.05) is 4.90 Å². The van der Waals surface area contributed by atoms with Crippen LogP contribution in [0.2, 0.25) is 0 Å². The maximum Gasteiger partial charge on any atom is 0.0619 e. The molecule has 56 heavy (non-hydrogen) atoms. The SMILES string of the molecule is c1ccc(-c2cccc(N(c3ccc(-c4ccc(-n5c6ccccc6c6ccc7ccccc7c65)cc4)cc3)c3cc4ccccc4c4ccccc34)c2)cc1. The molecule has 0 saturated heterocycles. The Morgan fingerprint density at radius 1 is 0.304 bits per heavy atom. The molecule has 0 fully saturated rings. The van der Waals surface area contributed by atoms with Crippen molar-refractivity contribution in [3.05, 3.63) is 218 Å². The van der Waals surface area contributed by atoms with Gasteiger partial charge in [-0.3, -0.25) is 0 Å².